The van der Waals surface area contributed by atoms with Gasteiger partial charge in [0, 0.05) is 21.9 Å². The number of hydrogen-bond donors (Lipinski definition) is 1. The second-order valence-corrected chi connectivity index (χ2v) is 7.39. The van der Waals surface area contributed by atoms with Crippen LogP contribution in [0.25, 0.3) is 0 Å². The van der Waals surface area contributed by atoms with E-state index in [2.05, 4.69) is 51.2 Å². The van der Waals surface area contributed by atoms with Crippen LogP contribution in [0.2, 0.25) is 0 Å². The van der Waals surface area contributed by atoms with Gasteiger partial charge in [0.1, 0.15) is 5.82 Å². The maximum Gasteiger partial charge on any atom is 0.124 e. The molecule has 0 heterocycles. The van der Waals surface area contributed by atoms with Crippen LogP contribution in [0.15, 0.2) is 52.3 Å². The molecule has 0 aliphatic rings. The van der Waals surface area contributed by atoms with Crippen LogP contribution in [0.1, 0.15) is 31.9 Å². The van der Waals surface area contributed by atoms with Gasteiger partial charge in [-0.05, 0) is 57.5 Å². The van der Waals surface area contributed by atoms with Crippen molar-refractivity contribution in [3.05, 3.63) is 59.4 Å². The maximum atomic E-state index is 13.3. The first kappa shape index (κ1) is 16.1. The Bertz CT molecular complexity index is 617. The molecule has 0 aliphatic carbocycles. The van der Waals surface area contributed by atoms with Crippen molar-refractivity contribution < 1.29 is 4.39 Å². The van der Waals surface area contributed by atoms with Crippen molar-refractivity contribution in [2.75, 3.05) is 0 Å². The highest BCUT2D eigenvalue weighted by Crippen LogP contribution is 2.31. The molecule has 1 N–H and O–H groups in total. The third-order valence-corrected chi connectivity index (χ3v) is 4.16. The predicted molar refractivity (Wildman–Crippen MR) is 88.3 cm³/mol. The summed E-state index contributed by atoms with van der Waals surface area (Å²) in [6.45, 7) is 9.37. The Hall–Kier alpha value is -1.32. The number of aryl methyl sites for hydroxylation is 1. The molecule has 0 aliphatic heterocycles. The van der Waals surface area contributed by atoms with E-state index in [1.54, 1.807) is 23.9 Å². The van der Waals surface area contributed by atoms with Gasteiger partial charge in [0.05, 0.1) is 0 Å². The Morgan fingerprint density at radius 1 is 1.10 bits per heavy atom. The zero-order valence-electron chi connectivity index (χ0n) is 13.0. The normalized spacial score (nSPS) is 11.7. The van der Waals surface area contributed by atoms with E-state index in [0.29, 0.717) is 0 Å². The minimum atomic E-state index is -0.193. The Morgan fingerprint density at radius 2 is 1.86 bits per heavy atom. The molecule has 2 aromatic rings. The largest absolute Gasteiger partial charge is 0.308 e. The van der Waals surface area contributed by atoms with Crippen molar-refractivity contribution in [3.63, 3.8) is 0 Å². The third-order valence-electron chi connectivity index (χ3n) is 3.05. The van der Waals surface area contributed by atoms with E-state index in [1.807, 2.05) is 6.07 Å². The van der Waals surface area contributed by atoms with Crippen molar-refractivity contribution in [1.82, 2.24) is 5.32 Å². The van der Waals surface area contributed by atoms with Crippen LogP contribution in [0.5, 0.6) is 0 Å². The zero-order chi connectivity index (χ0) is 15.5. The molecule has 0 saturated carbocycles. The molecule has 3 heteroatoms. The summed E-state index contributed by atoms with van der Waals surface area (Å²) in [7, 11) is 0. The van der Waals surface area contributed by atoms with Gasteiger partial charge >= 0.3 is 0 Å². The maximum absolute atomic E-state index is 13.3. The Kier molecular flexibility index (Phi) is 5.07. The van der Waals surface area contributed by atoms with Gasteiger partial charge in [0.25, 0.3) is 0 Å². The van der Waals surface area contributed by atoms with Gasteiger partial charge in [-0.1, -0.05) is 35.5 Å². The van der Waals surface area contributed by atoms with Crippen LogP contribution in [-0.4, -0.2) is 5.54 Å². The first-order chi connectivity index (χ1) is 9.83. The van der Waals surface area contributed by atoms with Gasteiger partial charge in [-0.2, -0.15) is 0 Å². The van der Waals surface area contributed by atoms with Crippen LogP contribution in [-0.2, 0) is 6.54 Å². The quantitative estimate of drug-likeness (QED) is 0.836. The average molecular weight is 303 g/mol. The summed E-state index contributed by atoms with van der Waals surface area (Å²) in [4.78, 5) is 2.10. The summed E-state index contributed by atoms with van der Waals surface area (Å²) >= 11 is 1.61. The lowest BCUT2D eigenvalue weighted by atomic mass is 10.1. The molecule has 0 amide bonds. The van der Waals surface area contributed by atoms with E-state index < -0.39 is 0 Å². The molecule has 0 unspecified atom stereocenters. The Morgan fingerprint density at radius 3 is 2.52 bits per heavy atom. The molecule has 0 fully saturated rings. The van der Waals surface area contributed by atoms with E-state index in [4.69, 9.17) is 0 Å². The molecule has 0 aromatic heterocycles. The number of rotatable bonds is 4. The molecule has 21 heavy (non-hydrogen) atoms. The van der Waals surface area contributed by atoms with Crippen LogP contribution in [0.3, 0.4) is 0 Å². The fourth-order valence-electron chi connectivity index (χ4n) is 1.96. The molecule has 2 aromatic carbocycles. The van der Waals surface area contributed by atoms with E-state index in [-0.39, 0.29) is 11.4 Å². The topological polar surface area (TPSA) is 12.0 Å². The molecular weight excluding hydrogens is 281 g/mol. The van der Waals surface area contributed by atoms with Crippen molar-refractivity contribution in [2.24, 2.45) is 0 Å². The van der Waals surface area contributed by atoms with Crippen LogP contribution in [0.4, 0.5) is 4.39 Å². The summed E-state index contributed by atoms with van der Waals surface area (Å²) in [5.74, 6) is -0.193. The van der Waals surface area contributed by atoms with E-state index in [0.717, 1.165) is 11.4 Å². The summed E-state index contributed by atoms with van der Waals surface area (Å²) in [5, 5.41) is 3.52. The molecule has 0 spiro atoms. The summed E-state index contributed by atoms with van der Waals surface area (Å²) in [6.07, 6.45) is 0. The second-order valence-electron chi connectivity index (χ2n) is 6.27. The molecule has 0 bridgehead atoms. The van der Waals surface area contributed by atoms with Gasteiger partial charge in [-0.15, -0.1) is 0 Å². The molecule has 0 atom stereocenters. The summed E-state index contributed by atoms with van der Waals surface area (Å²) in [6, 6.07) is 13.1. The first-order valence-corrected chi connectivity index (χ1v) is 7.93. The lowest BCUT2D eigenvalue weighted by molar-refractivity contribution is 0.422. The van der Waals surface area contributed by atoms with Gasteiger partial charge < -0.3 is 5.32 Å². The molecule has 112 valence electrons. The van der Waals surface area contributed by atoms with Gasteiger partial charge in [-0.25, -0.2) is 4.39 Å². The standard InChI is InChI=1S/C18H22FNS/c1-13-8-9-17(14(10-13)12-20-18(2,3)4)21-16-7-5-6-15(19)11-16/h5-11,20H,12H2,1-4H3. The molecule has 2 rings (SSSR count). The van der Waals surface area contributed by atoms with Crippen molar-refractivity contribution in [1.29, 1.82) is 0 Å². The fraction of sp³-hybridized carbons (Fsp3) is 0.333. The van der Waals surface area contributed by atoms with Crippen molar-refractivity contribution in [2.45, 2.75) is 49.6 Å². The molecular formula is C18H22FNS. The first-order valence-electron chi connectivity index (χ1n) is 7.11. The van der Waals surface area contributed by atoms with E-state index in [1.165, 1.54) is 22.1 Å². The Balaban J connectivity index is 2.22. The highest BCUT2D eigenvalue weighted by Gasteiger charge is 2.11. The second kappa shape index (κ2) is 6.63. The van der Waals surface area contributed by atoms with Crippen LogP contribution in [0, 0.1) is 12.7 Å². The van der Waals surface area contributed by atoms with Gasteiger partial charge in [0.15, 0.2) is 0 Å². The number of hydrogen-bond acceptors (Lipinski definition) is 2. The highest BCUT2D eigenvalue weighted by atomic mass is 32.2. The minimum absolute atomic E-state index is 0.0739. The predicted octanol–water partition coefficient (Wildman–Crippen LogP) is 5.17. The fourth-order valence-corrected chi connectivity index (χ4v) is 2.93. The highest BCUT2D eigenvalue weighted by molar-refractivity contribution is 7.99. The smallest absolute Gasteiger partial charge is 0.124 e. The van der Waals surface area contributed by atoms with Gasteiger partial charge in [-0.3, -0.25) is 0 Å². The summed E-state index contributed by atoms with van der Waals surface area (Å²) in [5.41, 5.74) is 2.56. The number of benzene rings is 2. The van der Waals surface area contributed by atoms with Gasteiger partial charge in [0.2, 0.25) is 0 Å². The third kappa shape index (κ3) is 5.18. The van der Waals surface area contributed by atoms with Crippen LogP contribution >= 0.6 is 11.8 Å². The van der Waals surface area contributed by atoms with E-state index >= 15 is 0 Å². The minimum Gasteiger partial charge on any atom is -0.308 e. The lowest BCUT2D eigenvalue weighted by Gasteiger charge is -2.22. The molecule has 1 nitrogen and oxygen atoms in total. The number of nitrogens with one attached hydrogen (secondary N) is 1. The average Bonchev–Trinajstić information content (AvgIpc) is 2.38. The van der Waals surface area contributed by atoms with E-state index in [9.17, 15) is 4.39 Å². The number of halogens is 1. The monoisotopic (exact) mass is 303 g/mol. The molecule has 0 saturated heterocycles. The van der Waals surface area contributed by atoms with Crippen molar-refractivity contribution >= 4 is 11.8 Å². The SMILES string of the molecule is Cc1ccc(Sc2cccc(F)c2)c(CNC(C)(C)C)c1. The molecule has 0 radical (unpaired) electrons. The summed E-state index contributed by atoms with van der Waals surface area (Å²) < 4.78 is 13.3. The Labute approximate surface area is 131 Å². The van der Waals surface area contributed by atoms with Crippen LogP contribution < -0.4 is 5.32 Å². The zero-order valence-corrected chi connectivity index (χ0v) is 13.9. The lowest BCUT2D eigenvalue weighted by Crippen LogP contribution is -2.35. The van der Waals surface area contributed by atoms with Crippen molar-refractivity contribution in [3.8, 4) is 0 Å².